The minimum Gasteiger partial charge on any atom is -0.496 e. The van der Waals surface area contributed by atoms with Gasteiger partial charge >= 0.3 is 0 Å². The lowest BCUT2D eigenvalue weighted by atomic mass is 10.1. The largest absolute Gasteiger partial charge is 0.496 e. The highest BCUT2D eigenvalue weighted by Gasteiger charge is 2.06. The predicted octanol–water partition coefficient (Wildman–Crippen LogP) is 2.85. The number of nitrogens with two attached hydrogens (primary N) is 1. The van der Waals surface area contributed by atoms with Crippen molar-refractivity contribution in [3.05, 3.63) is 51.7 Å². The molecule has 0 aliphatic heterocycles. The van der Waals surface area contributed by atoms with E-state index in [0.717, 1.165) is 24.4 Å². The third-order valence-corrected chi connectivity index (χ3v) is 3.89. The zero-order valence-corrected chi connectivity index (χ0v) is 12.2. The first-order valence-electron chi connectivity index (χ1n) is 6.29. The second-order valence-corrected chi connectivity index (χ2v) is 5.63. The first-order valence-corrected chi connectivity index (χ1v) is 7.17. The second-order valence-electron chi connectivity index (χ2n) is 4.60. The highest BCUT2D eigenvalue weighted by molar-refractivity contribution is 7.09. The molecule has 1 aromatic heterocycles. The van der Waals surface area contributed by atoms with Crippen LogP contribution in [-0.2, 0) is 19.6 Å². The van der Waals surface area contributed by atoms with E-state index in [9.17, 15) is 0 Å². The number of thiophene rings is 1. The first kappa shape index (κ1) is 14.1. The van der Waals surface area contributed by atoms with Crippen molar-refractivity contribution in [1.82, 2.24) is 4.90 Å². The number of benzene rings is 1. The molecule has 0 saturated carbocycles. The van der Waals surface area contributed by atoms with E-state index in [1.165, 1.54) is 10.4 Å². The summed E-state index contributed by atoms with van der Waals surface area (Å²) in [4.78, 5) is 3.68. The van der Waals surface area contributed by atoms with Gasteiger partial charge in [-0.3, -0.25) is 4.90 Å². The molecule has 0 bridgehead atoms. The van der Waals surface area contributed by atoms with Crippen LogP contribution >= 0.6 is 11.3 Å². The maximum atomic E-state index is 5.68. The van der Waals surface area contributed by atoms with Crippen LogP contribution in [-0.4, -0.2) is 19.1 Å². The molecule has 0 aliphatic rings. The van der Waals surface area contributed by atoms with Crippen LogP contribution in [0.15, 0.2) is 35.7 Å². The molecule has 2 aromatic rings. The molecule has 0 aliphatic carbocycles. The van der Waals surface area contributed by atoms with E-state index in [-0.39, 0.29) is 0 Å². The molecule has 1 aromatic carbocycles. The van der Waals surface area contributed by atoms with Gasteiger partial charge < -0.3 is 10.5 Å². The normalized spacial score (nSPS) is 10.9. The van der Waals surface area contributed by atoms with Crippen molar-refractivity contribution >= 4 is 11.3 Å². The van der Waals surface area contributed by atoms with Crippen LogP contribution in [0.5, 0.6) is 5.75 Å². The molecule has 102 valence electrons. The second kappa shape index (κ2) is 6.70. The summed E-state index contributed by atoms with van der Waals surface area (Å²) < 4.78 is 5.37. The van der Waals surface area contributed by atoms with Gasteiger partial charge in [-0.15, -0.1) is 11.3 Å². The van der Waals surface area contributed by atoms with Crippen LogP contribution in [0.25, 0.3) is 0 Å². The van der Waals surface area contributed by atoms with Gasteiger partial charge in [0.15, 0.2) is 0 Å². The summed E-state index contributed by atoms with van der Waals surface area (Å²) in [5.74, 6) is 0.879. The number of ether oxygens (including phenoxy) is 1. The number of rotatable bonds is 6. The SMILES string of the molecule is COc1cc(CN(C)Cc2cccs2)ccc1CN. The predicted molar refractivity (Wildman–Crippen MR) is 80.4 cm³/mol. The van der Waals surface area contributed by atoms with Crippen LogP contribution in [0.3, 0.4) is 0 Å². The number of methoxy groups -OCH3 is 1. The summed E-state index contributed by atoms with van der Waals surface area (Å²) in [6, 6.07) is 10.5. The Hall–Kier alpha value is -1.36. The standard InChI is InChI=1S/C15H20N2OS/c1-17(11-14-4-3-7-19-14)10-12-5-6-13(9-16)15(8-12)18-2/h3-8H,9-11,16H2,1-2H3. The van der Waals surface area contributed by atoms with E-state index < -0.39 is 0 Å². The molecule has 0 fully saturated rings. The first-order chi connectivity index (χ1) is 9.22. The zero-order chi connectivity index (χ0) is 13.7. The van der Waals surface area contributed by atoms with Gasteiger partial charge in [-0.25, -0.2) is 0 Å². The van der Waals surface area contributed by atoms with Crippen LogP contribution in [0.1, 0.15) is 16.0 Å². The van der Waals surface area contributed by atoms with Gasteiger partial charge in [-0.05, 0) is 30.1 Å². The maximum absolute atomic E-state index is 5.68. The van der Waals surface area contributed by atoms with Gasteiger partial charge in [-0.2, -0.15) is 0 Å². The fraction of sp³-hybridized carbons (Fsp3) is 0.333. The summed E-state index contributed by atoms with van der Waals surface area (Å²) in [6.07, 6.45) is 0. The van der Waals surface area contributed by atoms with Crippen molar-refractivity contribution < 1.29 is 4.74 Å². The lowest BCUT2D eigenvalue weighted by Crippen LogP contribution is -2.16. The molecule has 0 saturated heterocycles. The van der Waals surface area contributed by atoms with Crippen molar-refractivity contribution in [3.63, 3.8) is 0 Å². The van der Waals surface area contributed by atoms with Crippen molar-refractivity contribution in [2.24, 2.45) is 5.73 Å². The van der Waals surface area contributed by atoms with Crippen LogP contribution in [0, 0.1) is 0 Å². The molecule has 1 heterocycles. The maximum Gasteiger partial charge on any atom is 0.123 e. The molecule has 2 rings (SSSR count). The number of hydrogen-bond donors (Lipinski definition) is 1. The lowest BCUT2D eigenvalue weighted by molar-refractivity contribution is 0.321. The number of hydrogen-bond acceptors (Lipinski definition) is 4. The monoisotopic (exact) mass is 276 g/mol. The zero-order valence-electron chi connectivity index (χ0n) is 11.4. The minimum atomic E-state index is 0.508. The molecule has 0 amide bonds. The van der Waals surface area contributed by atoms with E-state index >= 15 is 0 Å². The molecule has 0 radical (unpaired) electrons. The van der Waals surface area contributed by atoms with Gasteiger partial charge in [0.1, 0.15) is 5.75 Å². The van der Waals surface area contributed by atoms with Gasteiger partial charge in [0.2, 0.25) is 0 Å². The Morgan fingerprint density at radius 2 is 2.11 bits per heavy atom. The molecule has 4 heteroatoms. The summed E-state index contributed by atoms with van der Waals surface area (Å²) in [6.45, 7) is 2.38. The van der Waals surface area contributed by atoms with E-state index in [2.05, 4.69) is 41.6 Å². The highest BCUT2D eigenvalue weighted by Crippen LogP contribution is 2.21. The quantitative estimate of drug-likeness (QED) is 0.881. The Morgan fingerprint density at radius 3 is 2.74 bits per heavy atom. The topological polar surface area (TPSA) is 38.5 Å². The molecule has 2 N–H and O–H groups in total. The van der Waals surface area contributed by atoms with Crippen LogP contribution in [0.2, 0.25) is 0 Å². The lowest BCUT2D eigenvalue weighted by Gasteiger charge is -2.17. The molecular formula is C15H20N2OS. The van der Waals surface area contributed by atoms with Gasteiger partial charge in [0.25, 0.3) is 0 Å². The van der Waals surface area contributed by atoms with E-state index in [1.54, 1.807) is 18.4 Å². The summed E-state index contributed by atoms with van der Waals surface area (Å²) >= 11 is 1.79. The van der Waals surface area contributed by atoms with Crippen LogP contribution < -0.4 is 10.5 Å². The average Bonchev–Trinajstić information content (AvgIpc) is 2.91. The average molecular weight is 276 g/mol. The minimum absolute atomic E-state index is 0.508. The summed E-state index contributed by atoms with van der Waals surface area (Å²) in [5, 5.41) is 2.11. The van der Waals surface area contributed by atoms with E-state index in [0.29, 0.717) is 6.54 Å². The van der Waals surface area contributed by atoms with Crippen LogP contribution in [0.4, 0.5) is 0 Å². The fourth-order valence-corrected chi connectivity index (χ4v) is 2.88. The molecular weight excluding hydrogens is 256 g/mol. The van der Waals surface area contributed by atoms with Crippen molar-refractivity contribution in [2.45, 2.75) is 19.6 Å². The summed E-state index contributed by atoms with van der Waals surface area (Å²) in [7, 11) is 3.82. The fourth-order valence-electron chi connectivity index (χ4n) is 2.09. The smallest absolute Gasteiger partial charge is 0.123 e. The van der Waals surface area contributed by atoms with Crippen molar-refractivity contribution in [3.8, 4) is 5.75 Å². The highest BCUT2D eigenvalue weighted by atomic mass is 32.1. The molecule has 0 spiro atoms. The molecule has 19 heavy (non-hydrogen) atoms. The molecule has 0 unspecified atom stereocenters. The number of nitrogens with zero attached hydrogens (tertiary/aromatic N) is 1. The third kappa shape index (κ3) is 3.80. The Morgan fingerprint density at radius 1 is 1.26 bits per heavy atom. The Balaban J connectivity index is 2.02. The third-order valence-electron chi connectivity index (χ3n) is 3.03. The van der Waals surface area contributed by atoms with E-state index in [4.69, 9.17) is 10.5 Å². The van der Waals surface area contributed by atoms with E-state index in [1.807, 2.05) is 6.07 Å². The molecule has 3 nitrogen and oxygen atoms in total. The Bertz CT molecular complexity index is 511. The van der Waals surface area contributed by atoms with Crippen molar-refractivity contribution in [1.29, 1.82) is 0 Å². The van der Waals surface area contributed by atoms with Gasteiger partial charge in [0.05, 0.1) is 7.11 Å². The Labute approximate surface area is 118 Å². The summed E-state index contributed by atoms with van der Waals surface area (Å²) in [5.41, 5.74) is 7.97. The van der Waals surface area contributed by atoms with Gasteiger partial charge in [-0.1, -0.05) is 18.2 Å². The van der Waals surface area contributed by atoms with Crippen molar-refractivity contribution in [2.75, 3.05) is 14.2 Å². The Kier molecular flexibility index (Phi) is 4.96. The molecule has 0 atom stereocenters. The van der Waals surface area contributed by atoms with Gasteiger partial charge in [0, 0.05) is 30.1 Å².